The zero-order valence-electron chi connectivity index (χ0n) is 10.5. The zero-order chi connectivity index (χ0) is 13.0. The number of hydrogen-bond acceptors (Lipinski definition) is 3. The second-order valence-corrected chi connectivity index (χ2v) is 5.33. The molecule has 0 radical (unpaired) electrons. The quantitative estimate of drug-likeness (QED) is 0.604. The molecular weight excluding hydrogens is 232 g/mol. The summed E-state index contributed by atoms with van der Waals surface area (Å²) >= 11 is 0. The number of fused-ring (bicyclic) bond motifs is 1. The summed E-state index contributed by atoms with van der Waals surface area (Å²) in [6.45, 7) is 2.79. The molecule has 0 N–H and O–H groups in total. The van der Waals surface area contributed by atoms with E-state index in [-0.39, 0.29) is 35.7 Å². The Morgan fingerprint density at radius 2 is 1.39 bits per heavy atom. The third-order valence-electron chi connectivity index (χ3n) is 4.35. The fourth-order valence-corrected chi connectivity index (χ4v) is 3.69. The van der Waals surface area contributed by atoms with E-state index in [2.05, 4.69) is 12.2 Å². The summed E-state index contributed by atoms with van der Waals surface area (Å²) in [7, 11) is 0. The van der Waals surface area contributed by atoms with Crippen LogP contribution in [0.25, 0.3) is 0 Å². The van der Waals surface area contributed by atoms with Gasteiger partial charge in [-0.3, -0.25) is 19.4 Å². The molecule has 4 amide bonds. The standard InChI is InChI=1S/C13H16N2O3/c1-7(16)14-11-9-3-5-10(6-4-9)12(11)15(8(2)17)13(14)18/h3,5,9-12H,4,6H2,1-2H3. The Morgan fingerprint density at radius 1 is 1.00 bits per heavy atom. The molecule has 1 heterocycles. The van der Waals surface area contributed by atoms with E-state index in [1.165, 1.54) is 23.6 Å². The van der Waals surface area contributed by atoms with E-state index < -0.39 is 6.03 Å². The fraction of sp³-hybridized carbons (Fsp3) is 0.615. The van der Waals surface area contributed by atoms with Crippen LogP contribution in [-0.2, 0) is 9.59 Å². The van der Waals surface area contributed by atoms with Gasteiger partial charge in [-0.1, -0.05) is 12.2 Å². The maximum absolute atomic E-state index is 12.3. The molecule has 1 saturated carbocycles. The number of rotatable bonds is 0. The summed E-state index contributed by atoms with van der Waals surface area (Å²) in [6.07, 6.45) is 6.18. The number of amides is 4. The van der Waals surface area contributed by atoms with Crippen molar-refractivity contribution in [1.29, 1.82) is 0 Å². The van der Waals surface area contributed by atoms with Crippen molar-refractivity contribution in [3.8, 4) is 0 Å². The van der Waals surface area contributed by atoms with Gasteiger partial charge in [-0.2, -0.15) is 0 Å². The van der Waals surface area contributed by atoms with Gasteiger partial charge < -0.3 is 0 Å². The lowest BCUT2D eigenvalue weighted by Gasteiger charge is -2.43. The SMILES string of the molecule is CC(=O)N1C(=O)N(C(C)=O)C2C3C=CC(CC3)C21. The lowest BCUT2D eigenvalue weighted by Crippen LogP contribution is -2.53. The molecule has 4 aliphatic rings. The second kappa shape index (κ2) is 3.67. The van der Waals surface area contributed by atoms with Crippen molar-refractivity contribution in [1.82, 2.24) is 9.80 Å². The Balaban J connectivity index is 2.07. The smallest absolute Gasteiger partial charge is 0.275 e. The highest BCUT2D eigenvalue weighted by atomic mass is 16.2. The Labute approximate surface area is 105 Å². The molecule has 1 saturated heterocycles. The predicted octanol–water partition coefficient (Wildman–Crippen LogP) is 1.15. The van der Waals surface area contributed by atoms with Crippen molar-refractivity contribution >= 4 is 17.8 Å². The van der Waals surface area contributed by atoms with Gasteiger partial charge in [0, 0.05) is 13.8 Å². The van der Waals surface area contributed by atoms with Gasteiger partial charge in [0.1, 0.15) is 0 Å². The van der Waals surface area contributed by atoms with Gasteiger partial charge in [0.05, 0.1) is 12.1 Å². The molecule has 0 aromatic carbocycles. The largest absolute Gasteiger partial charge is 0.334 e. The number of imide groups is 2. The summed E-state index contributed by atoms with van der Waals surface area (Å²) in [5.41, 5.74) is 0. The van der Waals surface area contributed by atoms with Crippen LogP contribution in [0.3, 0.4) is 0 Å². The predicted molar refractivity (Wildman–Crippen MR) is 63.4 cm³/mol. The first-order valence-electron chi connectivity index (χ1n) is 6.34. The molecule has 2 fully saturated rings. The Hall–Kier alpha value is -1.65. The lowest BCUT2D eigenvalue weighted by atomic mass is 9.69. The van der Waals surface area contributed by atoms with Crippen molar-refractivity contribution in [3.05, 3.63) is 12.2 Å². The van der Waals surface area contributed by atoms with Gasteiger partial charge in [-0.15, -0.1) is 0 Å². The van der Waals surface area contributed by atoms with E-state index in [0.717, 1.165) is 12.8 Å². The molecule has 96 valence electrons. The molecule has 3 aliphatic carbocycles. The molecule has 0 aromatic heterocycles. The minimum absolute atomic E-state index is 0.150. The number of carbonyl (C=O) groups excluding carboxylic acids is 3. The van der Waals surface area contributed by atoms with Crippen LogP contribution in [0.15, 0.2) is 12.2 Å². The van der Waals surface area contributed by atoms with Crippen molar-refractivity contribution in [2.24, 2.45) is 11.8 Å². The zero-order valence-corrected chi connectivity index (χ0v) is 10.5. The monoisotopic (exact) mass is 248 g/mol. The van der Waals surface area contributed by atoms with Crippen LogP contribution in [0.2, 0.25) is 0 Å². The number of urea groups is 1. The molecule has 18 heavy (non-hydrogen) atoms. The van der Waals surface area contributed by atoms with Crippen molar-refractivity contribution < 1.29 is 14.4 Å². The van der Waals surface area contributed by atoms with Crippen LogP contribution in [0.1, 0.15) is 26.7 Å². The molecule has 1 aliphatic heterocycles. The van der Waals surface area contributed by atoms with Crippen molar-refractivity contribution in [3.63, 3.8) is 0 Å². The molecule has 5 heteroatoms. The first-order chi connectivity index (χ1) is 8.52. The van der Waals surface area contributed by atoms with Gasteiger partial charge in [0.25, 0.3) is 0 Å². The summed E-state index contributed by atoms with van der Waals surface area (Å²) in [6, 6.07) is -0.740. The number of hydrogen-bond donors (Lipinski definition) is 0. The van der Waals surface area contributed by atoms with Crippen LogP contribution < -0.4 is 0 Å². The minimum Gasteiger partial charge on any atom is -0.275 e. The average molecular weight is 248 g/mol. The maximum atomic E-state index is 12.3. The second-order valence-electron chi connectivity index (χ2n) is 5.33. The topological polar surface area (TPSA) is 57.7 Å². The molecule has 4 unspecified atom stereocenters. The Morgan fingerprint density at radius 3 is 1.67 bits per heavy atom. The van der Waals surface area contributed by atoms with Crippen LogP contribution in [0.5, 0.6) is 0 Å². The van der Waals surface area contributed by atoms with Crippen LogP contribution in [0.4, 0.5) is 4.79 Å². The fourth-order valence-electron chi connectivity index (χ4n) is 3.69. The molecule has 0 aromatic rings. The van der Waals surface area contributed by atoms with Crippen LogP contribution in [-0.4, -0.2) is 39.7 Å². The van der Waals surface area contributed by atoms with E-state index >= 15 is 0 Å². The van der Waals surface area contributed by atoms with Gasteiger partial charge in [0.2, 0.25) is 11.8 Å². The van der Waals surface area contributed by atoms with E-state index in [4.69, 9.17) is 0 Å². The summed E-state index contributed by atoms with van der Waals surface area (Å²) in [4.78, 5) is 38.2. The van der Waals surface area contributed by atoms with E-state index in [1.54, 1.807) is 0 Å². The molecule has 2 bridgehead atoms. The summed E-state index contributed by atoms with van der Waals surface area (Å²) < 4.78 is 0. The molecule has 5 nitrogen and oxygen atoms in total. The van der Waals surface area contributed by atoms with Gasteiger partial charge >= 0.3 is 6.03 Å². The summed E-state index contributed by atoms with van der Waals surface area (Å²) in [5, 5.41) is 0. The minimum atomic E-state index is -0.439. The Kier molecular flexibility index (Phi) is 2.33. The van der Waals surface area contributed by atoms with Gasteiger partial charge in [-0.05, 0) is 24.7 Å². The average Bonchev–Trinajstić information content (AvgIpc) is 2.65. The molecule has 0 spiro atoms. The van der Waals surface area contributed by atoms with Gasteiger partial charge in [0.15, 0.2) is 0 Å². The normalized spacial score (nSPS) is 37.1. The summed E-state index contributed by atoms with van der Waals surface area (Å²) in [5.74, 6) is -0.117. The third-order valence-corrected chi connectivity index (χ3v) is 4.35. The maximum Gasteiger partial charge on any atom is 0.334 e. The highest BCUT2D eigenvalue weighted by Crippen LogP contribution is 2.45. The van der Waals surface area contributed by atoms with E-state index in [1.807, 2.05) is 0 Å². The highest BCUT2D eigenvalue weighted by Gasteiger charge is 2.57. The van der Waals surface area contributed by atoms with Crippen LogP contribution >= 0.6 is 0 Å². The van der Waals surface area contributed by atoms with E-state index in [9.17, 15) is 14.4 Å². The molecule has 4 atom stereocenters. The first-order valence-corrected chi connectivity index (χ1v) is 6.34. The highest BCUT2D eigenvalue weighted by molar-refractivity contribution is 6.03. The Bertz CT molecular complexity index is 431. The molecule has 4 rings (SSSR count). The van der Waals surface area contributed by atoms with Crippen LogP contribution in [0, 0.1) is 11.8 Å². The first kappa shape index (κ1) is 11.4. The van der Waals surface area contributed by atoms with E-state index in [0.29, 0.717) is 0 Å². The van der Waals surface area contributed by atoms with Gasteiger partial charge in [-0.25, -0.2) is 4.79 Å². The molecular formula is C13H16N2O3. The van der Waals surface area contributed by atoms with Crippen molar-refractivity contribution in [2.75, 3.05) is 0 Å². The third kappa shape index (κ3) is 1.30. The lowest BCUT2D eigenvalue weighted by molar-refractivity contribution is -0.129. The van der Waals surface area contributed by atoms with Crippen molar-refractivity contribution in [2.45, 2.75) is 38.8 Å². The number of carbonyl (C=O) groups is 3. The number of nitrogens with zero attached hydrogens (tertiary/aromatic N) is 2.